The maximum absolute atomic E-state index is 12.3. The molecule has 0 saturated carbocycles. The summed E-state index contributed by atoms with van der Waals surface area (Å²) in [6.07, 6.45) is -27.9. The Kier molecular flexibility index (Phi) is 20.9. The lowest BCUT2D eigenvalue weighted by atomic mass is 9.93. The van der Waals surface area contributed by atoms with E-state index in [1.807, 2.05) is 4.90 Å². The number of nitrogens with zero attached hydrogens (tertiary/aromatic N) is 2. The summed E-state index contributed by atoms with van der Waals surface area (Å²) in [6, 6.07) is 2.31. The van der Waals surface area contributed by atoms with Gasteiger partial charge in [-0.25, -0.2) is 4.79 Å². The number of carbonyl (C=O) groups is 1. The van der Waals surface area contributed by atoms with E-state index in [9.17, 15) is 81.4 Å². The first-order valence-electron chi connectivity index (χ1n) is 22.1. The van der Waals surface area contributed by atoms with E-state index in [1.165, 1.54) is 0 Å². The second kappa shape index (κ2) is 25.4. The first kappa shape index (κ1) is 54.5. The molecule has 66 heavy (non-hydrogen) atoms. The van der Waals surface area contributed by atoms with Gasteiger partial charge < -0.3 is 119 Å². The minimum atomic E-state index is -1.93. The third kappa shape index (κ3) is 13.6. The molecule has 0 amide bonds. The second-order valence-electron chi connectivity index (χ2n) is 17.0. The molecule has 5 heterocycles. The van der Waals surface area contributed by atoms with E-state index in [1.54, 1.807) is 6.92 Å². The number of rotatable bonds is 23. The van der Waals surface area contributed by atoms with Crippen LogP contribution in [0.5, 0.6) is 11.8 Å². The largest absolute Gasteiger partial charge is 0.492 e. The fourth-order valence-corrected chi connectivity index (χ4v) is 8.18. The summed E-state index contributed by atoms with van der Waals surface area (Å²) >= 11 is 0. The Bertz CT molecular complexity index is 1570. The number of carbonyl (C=O) groups excluding carboxylic acids is 1. The number of aliphatic hydroxyl groups excluding tert-OH is 13. The van der Waals surface area contributed by atoms with Gasteiger partial charge in [0.05, 0.1) is 38.6 Å². The molecular formula is C40H68N2O24. The van der Waals surface area contributed by atoms with Crippen LogP contribution in [0.1, 0.15) is 51.9 Å². The van der Waals surface area contributed by atoms with Crippen LogP contribution in [0.25, 0.3) is 0 Å². The molecule has 0 radical (unpaired) electrons. The molecule has 4 aliphatic heterocycles. The van der Waals surface area contributed by atoms with Gasteiger partial charge in [0.2, 0.25) is 11.8 Å². The summed E-state index contributed by atoms with van der Waals surface area (Å²) < 4.78 is 40.4. The number of unbranched alkanes of at least 4 members (excludes halogenated alkanes) is 3. The van der Waals surface area contributed by atoms with Crippen molar-refractivity contribution in [3.8, 4) is 11.8 Å². The van der Waals surface area contributed by atoms with Crippen LogP contribution in [0.15, 0.2) is 12.1 Å². The van der Waals surface area contributed by atoms with Crippen LogP contribution in [-0.4, -0.2) is 261 Å². The number of aromatic nitrogens is 1. The van der Waals surface area contributed by atoms with Crippen LogP contribution in [0.2, 0.25) is 0 Å². The predicted octanol–water partition coefficient (Wildman–Crippen LogP) is -6.78. The Balaban J connectivity index is 1.23. The predicted molar refractivity (Wildman–Crippen MR) is 215 cm³/mol. The van der Waals surface area contributed by atoms with Crippen LogP contribution in [-0.2, 0) is 38.0 Å². The maximum atomic E-state index is 12.3. The Labute approximate surface area is 379 Å². The van der Waals surface area contributed by atoms with E-state index in [0.29, 0.717) is 56.3 Å². The molecule has 0 aliphatic carbocycles. The van der Waals surface area contributed by atoms with Crippen molar-refractivity contribution >= 4 is 5.97 Å². The summed E-state index contributed by atoms with van der Waals surface area (Å²) in [6.45, 7) is 0.393. The van der Waals surface area contributed by atoms with Crippen LogP contribution < -0.4 is 4.84 Å². The van der Waals surface area contributed by atoms with E-state index in [-0.39, 0.29) is 19.6 Å². The molecule has 0 bridgehead atoms. The molecular weight excluding hydrogens is 892 g/mol. The van der Waals surface area contributed by atoms with Crippen molar-refractivity contribution in [2.24, 2.45) is 0 Å². The SMILES string of the molecule is CC1OC(CCCCN(CCCCCC(=O)On2c(O)ccc2O)CCOC2OC(COC3OC(CO)C(O)C(O)C3O)C(O)C(OC3OC(CO)C(O)C(O)C3O)C2O)C(O)C(O)C1O. The van der Waals surface area contributed by atoms with Crippen LogP contribution in [0, 0.1) is 0 Å². The molecule has 4 fully saturated rings. The van der Waals surface area contributed by atoms with Gasteiger partial charge in [-0.05, 0) is 52.1 Å². The Morgan fingerprint density at radius 2 is 1.11 bits per heavy atom. The lowest BCUT2D eigenvalue weighted by Crippen LogP contribution is -2.65. The number of aliphatic hydroxyl groups is 13. The highest BCUT2D eigenvalue weighted by Crippen LogP contribution is 2.31. The Morgan fingerprint density at radius 1 is 0.576 bits per heavy atom. The smallest absolute Gasteiger partial charge is 0.333 e. The first-order chi connectivity index (χ1) is 31.4. The van der Waals surface area contributed by atoms with Gasteiger partial charge in [-0.1, -0.05) is 6.42 Å². The molecule has 15 N–H and O–H groups in total. The van der Waals surface area contributed by atoms with Crippen molar-refractivity contribution in [1.29, 1.82) is 0 Å². The van der Waals surface area contributed by atoms with Gasteiger partial charge in [0.15, 0.2) is 18.9 Å². The van der Waals surface area contributed by atoms with Gasteiger partial charge >= 0.3 is 5.97 Å². The van der Waals surface area contributed by atoms with E-state index in [2.05, 4.69) is 0 Å². The highest BCUT2D eigenvalue weighted by Gasteiger charge is 2.52. The fourth-order valence-electron chi connectivity index (χ4n) is 8.18. The highest BCUT2D eigenvalue weighted by atomic mass is 16.8. The third-order valence-electron chi connectivity index (χ3n) is 12.3. The summed E-state index contributed by atoms with van der Waals surface area (Å²) in [4.78, 5) is 19.3. The van der Waals surface area contributed by atoms with Crippen molar-refractivity contribution in [2.75, 3.05) is 46.1 Å². The van der Waals surface area contributed by atoms with Gasteiger partial charge in [-0.2, -0.15) is 0 Å². The third-order valence-corrected chi connectivity index (χ3v) is 12.3. The molecule has 1 aromatic rings. The number of hydrogen-bond donors (Lipinski definition) is 15. The van der Waals surface area contributed by atoms with Gasteiger partial charge in [-0.3, -0.25) is 0 Å². The fraction of sp³-hybridized carbons (Fsp3) is 0.875. The standard InChI is InChI=1S/C40H68N2O24/c1-18-26(48)31(53)27(49)19(61-18)7-4-6-12-41(11-5-2-3-8-25(47)66-42-23(45)9-10-24(42)46)13-14-59-39-36(58)37(65-40-35(57)33(55)29(51)21(16-44)63-40)30(52)22(64-39)17-60-38-34(56)32(54)28(50)20(15-43)62-38/h9-10,18-22,26-40,43-46,48-58H,2-8,11-17H2,1H3. The van der Waals surface area contributed by atoms with E-state index in [4.69, 9.17) is 38.0 Å². The number of ether oxygens (including phenoxy) is 7. The van der Waals surface area contributed by atoms with Crippen molar-refractivity contribution < 1.29 is 119 Å². The summed E-state index contributed by atoms with van der Waals surface area (Å²) in [5, 5.41) is 155. The second-order valence-corrected chi connectivity index (χ2v) is 17.0. The van der Waals surface area contributed by atoms with E-state index < -0.39 is 160 Å². The summed E-state index contributed by atoms with van der Waals surface area (Å²) in [5.41, 5.74) is 0. The quantitative estimate of drug-likeness (QED) is 0.0453. The van der Waals surface area contributed by atoms with Gasteiger partial charge in [-0.15, -0.1) is 4.73 Å². The topological polar surface area (TPSA) is 403 Å². The molecule has 20 unspecified atom stereocenters. The van der Waals surface area contributed by atoms with Crippen molar-refractivity contribution in [1.82, 2.24) is 9.63 Å². The molecule has 26 nitrogen and oxygen atoms in total. The van der Waals surface area contributed by atoms with Crippen LogP contribution in [0.4, 0.5) is 0 Å². The zero-order valence-electron chi connectivity index (χ0n) is 36.4. The molecule has 26 heteroatoms. The molecule has 5 rings (SSSR count). The molecule has 4 saturated heterocycles. The highest BCUT2D eigenvalue weighted by molar-refractivity contribution is 5.69. The molecule has 0 aromatic carbocycles. The zero-order valence-corrected chi connectivity index (χ0v) is 36.4. The summed E-state index contributed by atoms with van der Waals surface area (Å²) in [7, 11) is 0. The summed E-state index contributed by atoms with van der Waals surface area (Å²) in [5.74, 6) is -1.60. The van der Waals surface area contributed by atoms with Gasteiger partial charge in [0, 0.05) is 25.1 Å². The molecule has 20 atom stereocenters. The van der Waals surface area contributed by atoms with Crippen LogP contribution >= 0.6 is 0 Å². The zero-order chi connectivity index (χ0) is 48.4. The number of hydrogen-bond acceptors (Lipinski definition) is 25. The lowest BCUT2D eigenvalue weighted by Gasteiger charge is -2.46. The van der Waals surface area contributed by atoms with Gasteiger partial charge in [0.1, 0.15) is 91.6 Å². The lowest BCUT2D eigenvalue weighted by molar-refractivity contribution is -0.366. The van der Waals surface area contributed by atoms with Crippen molar-refractivity contribution in [2.45, 2.75) is 175 Å². The van der Waals surface area contributed by atoms with Crippen molar-refractivity contribution in [3.63, 3.8) is 0 Å². The normalized spacial score (nSPS) is 39.9. The van der Waals surface area contributed by atoms with Gasteiger partial charge in [0.25, 0.3) is 0 Å². The Morgan fingerprint density at radius 3 is 1.73 bits per heavy atom. The van der Waals surface area contributed by atoms with Crippen LogP contribution in [0.3, 0.4) is 0 Å². The average molecular weight is 961 g/mol. The molecule has 4 aliphatic rings. The molecule has 0 spiro atoms. The minimum Gasteiger partial charge on any atom is -0.492 e. The monoisotopic (exact) mass is 960 g/mol. The Hall–Kier alpha value is -2.49. The van der Waals surface area contributed by atoms with Crippen molar-refractivity contribution in [3.05, 3.63) is 12.1 Å². The van der Waals surface area contributed by atoms with E-state index >= 15 is 0 Å². The number of aromatic hydroxyl groups is 2. The maximum Gasteiger partial charge on any atom is 0.333 e. The molecule has 382 valence electrons. The average Bonchev–Trinajstić information content (AvgIpc) is 3.61. The first-order valence-corrected chi connectivity index (χ1v) is 22.1. The van der Waals surface area contributed by atoms with E-state index in [0.717, 1.165) is 12.1 Å². The molecule has 1 aromatic heterocycles. The minimum absolute atomic E-state index is 0.0285.